The third-order valence-corrected chi connectivity index (χ3v) is 2.05. The van der Waals surface area contributed by atoms with E-state index in [1.165, 1.54) is 6.20 Å². The van der Waals surface area contributed by atoms with Crippen molar-refractivity contribution < 1.29 is 1.37 Å². The maximum absolute atomic E-state index is 7.26. The Morgan fingerprint density at radius 3 is 2.89 bits per heavy atom. The zero-order valence-corrected chi connectivity index (χ0v) is 7.26. The Morgan fingerprint density at radius 1 is 1.67 bits per heavy atom. The first-order valence-electron chi connectivity index (χ1n) is 2.59. The van der Waals surface area contributed by atoms with Crippen LogP contribution in [0.15, 0.2) is 16.7 Å². The maximum atomic E-state index is 7.26. The van der Waals surface area contributed by atoms with Crippen LogP contribution in [0.2, 0.25) is 10.2 Å². The predicted molar refractivity (Wildman–Crippen MR) is 42.0 cm³/mol. The molecular formula is C5H2BrCl2N. The van der Waals surface area contributed by atoms with E-state index in [9.17, 15) is 0 Å². The summed E-state index contributed by atoms with van der Waals surface area (Å²) in [6.45, 7) is 0. The van der Waals surface area contributed by atoms with Crippen molar-refractivity contribution in [3.8, 4) is 0 Å². The summed E-state index contributed by atoms with van der Waals surface area (Å²) in [5.41, 5.74) is 0. The second kappa shape index (κ2) is 2.86. The number of rotatable bonds is 0. The van der Waals surface area contributed by atoms with E-state index in [1.54, 1.807) is 0 Å². The Balaban J connectivity index is 3.34. The van der Waals surface area contributed by atoms with Gasteiger partial charge in [-0.2, -0.15) is 0 Å². The molecule has 0 atom stereocenters. The standard InChI is InChI=1S/C5H2BrCl2N/c6-3-1-5(8)9-2-4(3)7/h1-2H/i1D. The van der Waals surface area contributed by atoms with Crippen LogP contribution in [0.1, 0.15) is 1.37 Å². The smallest absolute Gasteiger partial charge is 0.130 e. The van der Waals surface area contributed by atoms with Gasteiger partial charge in [0.2, 0.25) is 0 Å². The number of nitrogens with zero attached hydrogens (tertiary/aromatic N) is 1. The van der Waals surface area contributed by atoms with E-state index in [2.05, 4.69) is 20.9 Å². The van der Waals surface area contributed by atoms with Crippen LogP contribution in [-0.2, 0) is 0 Å². The van der Waals surface area contributed by atoms with E-state index in [0.29, 0.717) is 9.50 Å². The van der Waals surface area contributed by atoms with Crippen molar-refractivity contribution in [1.29, 1.82) is 0 Å². The molecule has 0 saturated carbocycles. The number of halogens is 3. The van der Waals surface area contributed by atoms with Crippen LogP contribution in [0.5, 0.6) is 0 Å². The molecule has 0 spiro atoms. The summed E-state index contributed by atoms with van der Waals surface area (Å²) in [6, 6.07) is 0.120. The third-order valence-electron chi connectivity index (χ3n) is 0.714. The lowest BCUT2D eigenvalue weighted by molar-refractivity contribution is 1.32. The molecule has 0 fully saturated rings. The average Bonchev–Trinajstić information content (AvgIpc) is 1.93. The highest BCUT2D eigenvalue weighted by Gasteiger charge is 1.95. The molecule has 1 aromatic heterocycles. The van der Waals surface area contributed by atoms with Crippen molar-refractivity contribution in [3.05, 3.63) is 26.9 Å². The van der Waals surface area contributed by atoms with Crippen LogP contribution in [0.3, 0.4) is 0 Å². The van der Waals surface area contributed by atoms with Crippen LogP contribution in [-0.4, -0.2) is 4.98 Å². The molecule has 0 aromatic carbocycles. The molecule has 1 nitrogen and oxygen atoms in total. The summed E-state index contributed by atoms with van der Waals surface area (Å²) in [5, 5.41) is 0.547. The van der Waals surface area contributed by atoms with Crippen molar-refractivity contribution >= 4 is 39.1 Å². The molecule has 0 amide bonds. The quantitative estimate of drug-likeness (QED) is 0.621. The van der Waals surface area contributed by atoms with Crippen molar-refractivity contribution in [2.75, 3.05) is 0 Å². The van der Waals surface area contributed by atoms with Gasteiger partial charge in [0.05, 0.1) is 6.39 Å². The molecule has 4 heteroatoms. The maximum Gasteiger partial charge on any atom is 0.130 e. The number of pyridine rings is 1. The highest BCUT2D eigenvalue weighted by Crippen LogP contribution is 2.22. The summed E-state index contributed by atoms with van der Waals surface area (Å²) in [5.74, 6) is 0. The van der Waals surface area contributed by atoms with Gasteiger partial charge in [-0.15, -0.1) is 0 Å². The van der Waals surface area contributed by atoms with Crippen LogP contribution >= 0.6 is 39.1 Å². The van der Waals surface area contributed by atoms with Crippen molar-refractivity contribution in [2.24, 2.45) is 0 Å². The predicted octanol–water partition coefficient (Wildman–Crippen LogP) is 3.15. The minimum absolute atomic E-state index is 0.120. The molecule has 0 aliphatic carbocycles. The van der Waals surface area contributed by atoms with Crippen molar-refractivity contribution in [2.45, 2.75) is 0 Å². The molecule has 48 valence electrons. The second-order valence-corrected chi connectivity index (χ2v) is 2.89. The molecule has 0 aliphatic rings. The normalized spacial score (nSPS) is 11.2. The van der Waals surface area contributed by atoms with Crippen molar-refractivity contribution in [3.63, 3.8) is 0 Å². The Morgan fingerprint density at radius 2 is 2.33 bits per heavy atom. The van der Waals surface area contributed by atoms with Gasteiger partial charge in [-0.25, -0.2) is 4.98 Å². The minimum Gasteiger partial charge on any atom is -0.243 e. The molecule has 1 heterocycles. The first kappa shape index (κ1) is 5.96. The third kappa shape index (κ3) is 1.81. The summed E-state index contributed by atoms with van der Waals surface area (Å²) >= 11 is 14.2. The highest BCUT2D eigenvalue weighted by atomic mass is 79.9. The molecule has 0 bridgehead atoms. The van der Waals surface area contributed by atoms with Crippen molar-refractivity contribution in [1.82, 2.24) is 4.98 Å². The van der Waals surface area contributed by atoms with Gasteiger partial charge in [-0.1, -0.05) is 23.2 Å². The van der Waals surface area contributed by atoms with Gasteiger partial charge in [0.1, 0.15) is 5.15 Å². The Labute approximate surface area is 72.5 Å². The topological polar surface area (TPSA) is 12.9 Å². The second-order valence-electron chi connectivity index (χ2n) is 1.34. The summed E-state index contributed by atoms with van der Waals surface area (Å²) < 4.78 is 7.74. The molecule has 0 radical (unpaired) electrons. The van der Waals surface area contributed by atoms with Gasteiger partial charge in [0, 0.05) is 10.7 Å². The van der Waals surface area contributed by atoms with Crippen LogP contribution < -0.4 is 0 Å². The molecular weight excluding hydrogens is 225 g/mol. The molecule has 1 rings (SSSR count). The first-order valence-corrected chi connectivity index (χ1v) is 3.64. The molecule has 0 aliphatic heterocycles. The minimum atomic E-state index is 0.120. The van der Waals surface area contributed by atoms with Gasteiger partial charge < -0.3 is 0 Å². The fraction of sp³-hybridized carbons (Fsp3) is 0. The SMILES string of the molecule is [2H]c1c(Cl)ncc(Cl)c1Br. The highest BCUT2D eigenvalue weighted by molar-refractivity contribution is 9.10. The number of aromatic nitrogens is 1. The molecule has 0 saturated heterocycles. The van der Waals surface area contributed by atoms with Gasteiger partial charge in [0.25, 0.3) is 0 Å². The lowest BCUT2D eigenvalue weighted by atomic mass is 10.5. The number of hydrogen-bond donors (Lipinski definition) is 0. The zero-order valence-electron chi connectivity index (χ0n) is 5.16. The van der Waals surface area contributed by atoms with Gasteiger partial charge in [-0.3, -0.25) is 0 Å². The van der Waals surface area contributed by atoms with Crippen LogP contribution in [0.4, 0.5) is 0 Å². The summed E-state index contributed by atoms with van der Waals surface area (Å²) in [4.78, 5) is 3.66. The van der Waals surface area contributed by atoms with E-state index in [-0.39, 0.29) is 11.2 Å². The largest absolute Gasteiger partial charge is 0.243 e. The Hall–Kier alpha value is 0.210. The van der Waals surface area contributed by atoms with E-state index >= 15 is 0 Å². The summed E-state index contributed by atoms with van der Waals surface area (Å²) in [7, 11) is 0. The molecule has 1 aromatic rings. The van der Waals surface area contributed by atoms with Gasteiger partial charge in [-0.05, 0) is 22.0 Å². The number of hydrogen-bond acceptors (Lipinski definition) is 1. The lowest BCUT2D eigenvalue weighted by Gasteiger charge is -1.92. The fourth-order valence-electron chi connectivity index (χ4n) is 0.353. The Bertz CT molecular complexity index is 239. The first-order chi connectivity index (χ1) is 4.63. The van der Waals surface area contributed by atoms with E-state index in [0.717, 1.165) is 0 Å². The monoisotopic (exact) mass is 226 g/mol. The average molecular weight is 228 g/mol. The summed E-state index contributed by atoms with van der Waals surface area (Å²) in [6.07, 6.45) is 1.39. The molecule has 0 N–H and O–H groups in total. The van der Waals surface area contributed by atoms with Gasteiger partial charge in [0.15, 0.2) is 0 Å². The molecule has 9 heavy (non-hydrogen) atoms. The van der Waals surface area contributed by atoms with Gasteiger partial charge >= 0.3 is 0 Å². The van der Waals surface area contributed by atoms with E-state index < -0.39 is 0 Å². The zero-order chi connectivity index (χ0) is 7.72. The van der Waals surface area contributed by atoms with Crippen LogP contribution in [0, 0.1) is 0 Å². The fourth-order valence-corrected chi connectivity index (χ4v) is 0.996. The lowest BCUT2D eigenvalue weighted by Crippen LogP contribution is -1.73. The van der Waals surface area contributed by atoms with Crippen LogP contribution in [0.25, 0.3) is 0 Å². The van der Waals surface area contributed by atoms with E-state index in [4.69, 9.17) is 24.6 Å². The molecule has 0 unspecified atom stereocenters. The Kier molecular flexibility index (Phi) is 1.89. The van der Waals surface area contributed by atoms with E-state index in [1.807, 2.05) is 0 Å².